The molecule has 0 amide bonds. The van der Waals surface area contributed by atoms with Crippen molar-refractivity contribution in [2.45, 2.75) is 16.0 Å². The first kappa shape index (κ1) is 19.0. The Hall–Kier alpha value is -1.38. The summed E-state index contributed by atoms with van der Waals surface area (Å²) in [5.41, 5.74) is -1.21. The Labute approximate surface area is 147 Å². The third kappa shape index (κ3) is 3.81. The van der Waals surface area contributed by atoms with Crippen LogP contribution < -0.4 is 4.31 Å². The fourth-order valence-corrected chi connectivity index (χ4v) is 3.87. The Morgan fingerprint density at radius 2 is 1.67 bits per heavy atom. The third-order valence-corrected chi connectivity index (χ3v) is 6.18. The number of alkyl halides is 3. The molecule has 0 aromatic heterocycles. The van der Waals surface area contributed by atoms with E-state index in [0.29, 0.717) is 0 Å². The van der Waals surface area contributed by atoms with Crippen LogP contribution in [0.1, 0.15) is 5.56 Å². The van der Waals surface area contributed by atoms with E-state index in [1.807, 2.05) is 6.26 Å². The maximum absolute atomic E-state index is 12.9. The second kappa shape index (κ2) is 6.85. The molecule has 130 valence electrons. The highest BCUT2D eigenvalue weighted by molar-refractivity contribution is 7.98. The average Bonchev–Trinajstić information content (AvgIpc) is 2.53. The van der Waals surface area contributed by atoms with Crippen molar-refractivity contribution in [2.75, 3.05) is 17.6 Å². The molecular formula is C15H13ClF3NO2S2. The first-order valence-corrected chi connectivity index (χ1v) is 9.61. The summed E-state index contributed by atoms with van der Waals surface area (Å²) < 4.78 is 64.6. The molecule has 2 rings (SSSR count). The molecule has 9 heteroatoms. The van der Waals surface area contributed by atoms with Gasteiger partial charge in [0, 0.05) is 11.9 Å². The Balaban J connectivity index is 2.48. The standard InChI is InChI=1S/C15H13ClF3NO2S2/c1-20(14-9-10(15(17,18)19)3-8-13(14)16)24(21,22)12-6-4-11(23-2)5-7-12/h3-9H,1-2H3. The van der Waals surface area contributed by atoms with E-state index >= 15 is 0 Å². The first-order valence-electron chi connectivity index (χ1n) is 6.57. The summed E-state index contributed by atoms with van der Waals surface area (Å²) in [6, 6.07) is 8.61. The van der Waals surface area contributed by atoms with Crippen molar-refractivity contribution < 1.29 is 21.6 Å². The Kier molecular flexibility index (Phi) is 5.41. The minimum atomic E-state index is -4.59. The van der Waals surface area contributed by atoms with Crippen LogP contribution in [0.15, 0.2) is 52.3 Å². The summed E-state index contributed by atoms with van der Waals surface area (Å²) in [6.07, 6.45) is -2.75. The van der Waals surface area contributed by atoms with E-state index < -0.39 is 21.8 Å². The summed E-state index contributed by atoms with van der Waals surface area (Å²) in [4.78, 5) is 0.838. The zero-order chi connectivity index (χ0) is 18.1. The van der Waals surface area contributed by atoms with Gasteiger partial charge in [0.05, 0.1) is 21.2 Å². The molecule has 0 saturated heterocycles. The van der Waals surface area contributed by atoms with Crippen LogP contribution in [-0.4, -0.2) is 21.7 Å². The van der Waals surface area contributed by atoms with Gasteiger partial charge in [-0.25, -0.2) is 8.42 Å². The van der Waals surface area contributed by atoms with Gasteiger partial charge in [-0.2, -0.15) is 13.2 Å². The summed E-state index contributed by atoms with van der Waals surface area (Å²) >= 11 is 7.35. The van der Waals surface area contributed by atoms with E-state index in [2.05, 4.69) is 0 Å². The van der Waals surface area contributed by atoms with Crippen molar-refractivity contribution in [3.8, 4) is 0 Å². The molecule has 2 aromatic rings. The van der Waals surface area contributed by atoms with Crippen LogP contribution >= 0.6 is 23.4 Å². The smallest absolute Gasteiger partial charge is 0.268 e. The van der Waals surface area contributed by atoms with Crippen LogP contribution in [0.4, 0.5) is 18.9 Å². The van der Waals surface area contributed by atoms with Gasteiger partial charge in [-0.1, -0.05) is 11.6 Å². The molecular weight excluding hydrogens is 383 g/mol. The predicted octanol–water partition coefficient (Wildman–Crippen LogP) is 4.91. The second-order valence-electron chi connectivity index (χ2n) is 4.81. The maximum Gasteiger partial charge on any atom is 0.416 e. The summed E-state index contributed by atoms with van der Waals surface area (Å²) in [5, 5.41) is -0.0881. The van der Waals surface area contributed by atoms with Gasteiger partial charge in [0.2, 0.25) is 0 Å². The van der Waals surface area contributed by atoms with Crippen LogP contribution in [-0.2, 0) is 16.2 Å². The number of halogens is 4. The number of nitrogens with zero attached hydrogens (tertiary/aromatic N) is 1. The van der Waals surface area contributed by atoms with Gasteiger partial charge in [-0.05, 0) is 48.7 Å². The van der Waals surface area contributed by atoms with Gasteiger partial charge in [0.15, 0.2) is 0 Å². The monoisotopic (exact) mass is 395 g/mol. The topological polar surface area (TPSA) is 37.4 Å². The molecule has 24 heavy (non-hydrogen) atoms. The van der Waals surface area contributed by atoms with E-state index in [0.717, 1.165) is 27.4 Å². The second-order valence-corrected chi connectivity index (χ2v) is 8.07. The zero-order valence-corrected chi connectivity index (χ0v) is 15.0. The molecule has 3 nitrogen and oxygen atoms in total. The van der Waals surface area contributed by atoms with Gasteiger partial charge in [0.25, 0.3) is 10.0 Å². The lowest BCUT2D eigenvalue weighted by atomic mass is 10.2. The summed E-state index contributed by atoms with van der Waals surface area (Å²) in [6.45, 7) is 0. The molecule has 0 aliphatic heterocycles. The molecule has 0 spiro atoms. The molecule has 0 bridgehead atoms. The zero-order valence-electron chi connectivity index (χ0n) is 12.6. The largest absolute Gasteiger partial charge is 0.416 e. The average molecular weight is 396 g/mol. The minimum Gasteiger partial charge on any atom is -0.268 e. The van der Waals surface area contributed by atoms with Gasteiger partial charge < -0.3 is 0 Å². The lowest BCUT2D eigenvalue weighted by molar-refractivity contribution is -0.137. The van der Waals surface area contributed by atoms with E-state index in [4.69, 9.17) is 11.6 Å². The summed E-state index contributed by atoms with van der Waals surface area (Å²) in [7, 11) is -2.86. The van der Waals surface area contributed by atoms with Crippen LogP contribution in [0.3, 0.4) is 0 Å². The number of hydrogen-bond donors (Lipinski definition) is 0. The Bertz CT molecular complexity index is 837. The van der Waals surface area contributed by atoms with Crippen molar-refractivity contribution >= 4 is 39.1 Å². The number of anilines is 1. The van der Waals surface area contributed by atoms with Crippen molar-refractivity contribution in [3.63, 3.8) is 0 Å². The quantitative estimate of drug-likeness (QED) is 0.690. The molecule has 0 unspecified atom stereocenters. The fraction of sp³-hybridized carbons (Fsp3) is 0.200. The molecule has 0 atom stereocenters. The van der Waals surface area contributed by atoms with Crippen molar-refractivity contribution in [1.82, 2.24) is 0 Å². The number of benzene rings is 2. The molecule has 0 heterocycles. The number of thioether (sulfide) groups is 1. The van der Waals surface area contributed by atoms with Crippen molar-refractivity contribution in [3.05, 3.63) is 53.1 Å². The molecule has 0 fully saturated rings. The Morgan fingerprint density at radius 3 is 2.17 bits per heavy atom. The van der Waals surface area contributed by atoms with Crippen molar-refractivity contribution in [2.24, 2.45) is 0 Å². The fourth-order valence-electron chi connectivity index (χ4n) is 1.97. The highest BCUT2D eigenvalue weighted by atomic mass is 35.5. The lowest BCUT2D eigenvalue weighted by Gasteiger charge is -2.22. The molecule has 0 aliphatic carbocycles. The van der Waals surface area contributed by atoms with E-state index in [-0.39, 0.29) is 15.6 Å². The van der Waals surface area contributed by atoms with Gasteiger partial charge in [-0.15, -0.1) is 11.8 Å². The predicted molar refractivity (Wildman–Crippen MR) is 90.3 cm³/mol. The van der Waals surface area contributed by atoms with Crippen molar-refractivity contribution in [1.29, 1.82) is 0 Å². The molecule has 0 radical (unpaired) electrons. The number of rotatable bonds is 4. The highest BCUT2D eigenvalue weighted by Gasteiger charge is 2.32. The maximum atomic E-state index is 12.9. The Morgan fingerprint density at radius 1 is 1.08 bits per heavy atom. The van der Waals surface area contributed by atoms with Gasteiger partial charge in [-0.3, -0.25) is 4.31 Å². The third-order valence-electron chi connectivity index (χ3n) is 3.33. The van der Waals surface area contributed by atoms with E-state index in [1.54, 1.807) is 12.1 Å². The first-order chi connectivity index (χ1) is 11.1. The molecule has 0 saturated carbocycles. The molecule has 0 N–H and O–H groups in total. The summed E-state index contributed by atoms with van der Waals surface area (Å²) in [5.74, 6) is 0. The van der Waals surface area contributed by atoms with Crippen LogP contribution in [0.2, 0.25) is 5.02 Å². The normalized spacial score (nSPS) is 12.2. The molecule has 0 aliphatic rings. The van der Waals surface area contributed by atoms with Crippen LogP contribution in [0.5, 0.6) is 0 Å². The number of sulfonamides is 1. The number of hydrogen-bond acceptors (Lipinski definition) is 3. The van der Waals surface area contributed by atoms with Crippen LogP contribution in [0, 0.1) is 0 Å². The highest BCUT2D eigenvalue weighted by Crippen LogP contribution is 2.36. The van der Waals surface area contributed by atoms with Gasteiger partial charge in [0.1, 0.15) is 0 Å². The SMILES string of the molecule is CSc1ccc(S(=O)(=O)N(C)c2cc(C(F)(F)F)ccc2Cl)cc1. The van der Waals surface area contributed by atoms with Crippen LogP contribution in [0.25, 0.3) is 0 Å². The minimum absolute atomic E-state index is 0.0312. The lowest BCUT2D eigenvalue weighted by Crippen LogP contribution is -2.27. The van der Waals surface area contributed by atoms with E-state index in [9.17, 15) is 21.6 Å². The van der Waals surface area contributed by atoms with E-state index in [1.165, 1.54) is 30.9 Å². The molecule has 2 aromatic carbocycles. The van der Waals surface area contributed by atoms with Gasteiger partial charge >= 0.3 is 6.18 Å².